The summed E-state index contributed by atoms with van der Waals surface area (Å²) in [5.41, 5.74) is 7.44. The first kappa shape index (κ1) is 13.1. The van der Waals surface area contributed by atoms with E-state index in [4.69, 9.17) is 38.1 Å². The van der Waals surface area contributed by atoms with Crippen molar-refractivity contribution in [3.05, 3.63) is 52.3 Å². The van der Waals surface area contributed by atoms with Crippen molar-refractivity contribution in [2.45, 2.75) is 6.61 Å². The Morgan fingerprint density at radius 1 is 1.20 bits per heavy atom. The molecule has 0 spiro atoms. The summed E-state index contributed by atoms with van der Waals surface area (Å²) in [5, 5.41) is 0.932. The van der Waals surface area contributed by atoms with Crippen LogP contribution in [0, 0.1) is 0 Å². The molecule has 0 aliphatic heterocycles. The number of hydrogen-bond acceptors (Lipinski definition) is 4. The summed E-state index contributed by atoms with van der Waals surface area (Å²) in [6, 6.07) is 10.5. The molecule has 20 heavy (non-hydrogen) atoms. The molecule has 1 heterocycles. The lowest BCUT2D eigenvalue weighted by Gasteiger charge is -2.05. The highest BCUT2D eigenvalue weighted by molar-refractivity contribution is 6.37. The Bertz CT molecular complexity index is 771. The van der Waals surface area contributed by atoms with Crippen LogP contribution in [-0.2, 0) is 6.61 Å². The minimum Gasteiger partial charge on any atom is -0.482 e. The molecule has 1 aromatic heterocycles. The molecule has 2 aromatic carbocycles. The first-order valence-electron chi connectivity index (χ1n) is 5.85. The zero-order valence-electron chi connectivity index (χ0n) is 10.3. The van der Waals surface area contributed by atoms with Crippen molar-refractivity contribution in [3.8, 4) is 5.75 Å². The standard InChI is InChI=1S/C14H10Cl2N2O2/c15-8-5-9(16)14-11(6-8)18-13(20-14)7-19-12-4-2-1-3-10(12)17/h1-6H,7,17H2. The second-order valence-electron chi connectivity index (χ2n) is 4.17. The molecule has 0 amide bonds. The smallest absolute Gasteiger partial charge is 0.233 e. The summed E-state index contributed by atoms with van der Waals surface area (Å²) in [4.78, 5) is 4.28. The van der Waals surface area contributed by atoms with Gasteiger partial charge in [-0.15, -0.1) is 0 Å². The van der Waals surface area contributed by atoms with Gasteiger partial charge in [0.15, 0.2) is 12.2 Å². The van der Waals surface area contributed by atoms with Crippen LogP contribution >= 0.6 is 23.2 Å². The van der Waals surface area contributed by atoms with Gasteiger partial charge in [-0.3, -0.25) is 0 Å². The lowest BCUT2D eigenvalue weighted by Crippen LogP contribution is -1.98. The summed E-state index contributed by atoms with van der Waals surface area (Å²) < 4.78 is 11.1. The molecule has 3 rings (SSSR count). The van der Waals surface area contributed by atoms with Gasteiger partial charge in [-0.25, -0.2) is 4.98 Å². The number of oxazole rings is 1. The van der Waals surface area contributed by atoms with E-state index in [2.05, 4.69) is 4.98 Å². The lowest BCUT2D eigenvalue weighted by molar-refractivity contribution is 0.268. The van der Waals surface area contributed by atoms with Gasteiger partial charge in [0.2, 0.25) is 5.89 Å². The fourth-order valence-corrected chi connectivity index (χ4v) is 2.34. The van der Waals surface area contributed by atoms with E-state index in [-0.39, 0.29) is 6.61 Å². The fourth-order valence-electron chi connectivity index (χ4n) is 1.82. The Kier molecular flexibility index (Phi) is 3.42. The van der Waals surface area contributed by atoms with Gasteiger partial charge in [-0.1, -0.05) is 35.3 Å². The number of nitrogen functional groups attached to an aromatic ring is 1. The van der Waals surface area contributed by atoms with Crippen LogP contribution in [-0.4, -0.2) is 4.98 Å². The molecule has 0 aliphatic carbocycles. The Balaban J connectivity index is 1.85. The highest BCUT2D eigenvalue weighted by Gasteiger charge is 2.11. The van der Waals surface area contributed by atoms with Crippen LogP contribution in [0.2, 0.25) is 10.0 Å². The Morgan fingerprint density at radius 3 is 2.80 bits per heavy atom. The maximum Gasteiger partial charge on any atom is 0.233 e. The van der Waals surface area contributed by atoms with Crippen LogP contribution in [0.4, 0.5) is 5.69 Å². The number of halogens is 2. The van der Waals surface area contributed by atoms with E-state index < -0.39 is 0 Å². The molecule has 0 atom stereocenters. The molecule has 2 N–H and O–H groups in total. The topological polar surface area (TPSA) is 61.3 Å². The number of benzene rings is 2. The summed E-state index contributed by atoms with van der Waals surface area (Å²) in [5.74, 6) is 0.992. The van der Waals surface area contributed by atoms with Gasteiger partial charge in [-0.05, 0) is 24.3 Å². The fraction of sp³-hybridized carbons (Fsp3) is 0.0714. The van der Waals surface area contributed by atoms with Gasteiger partial charge < -0.3 is 14.9 Å². The molecule has 0 bridgehead atoms. The van der Waals surface area contributed by atoms with E-state index in [0.29, 0.717) is 38.5 Å². The summed E-state index contributed by atoms with van der Waals surface area (Å²) in [7, 11) is 0. The molecule has 0 saturated carbocycles. The molecule has 0 aliphatic rings. The number of aromatic nitrogens is 1. The minimum absolute atomic E-state index is 0.164. The number of nitrogens with zero attached hydrogens (tertiary/aromatic N) is 1. The Hall–Kier alpha value is -1.91. The Morgan fingerprint density at radius 2 is 2.00 bits per heavy atom. The molecular weight excluding hydrogens is 299 g/mol. The van der Waals surface area contributed by atoms with Gasteiger partial charge >= 0.3 is 0 Å². The average molecular weight is 309 g/mol. The molecular formula is C14H10Cl2N2O2. The second-order valence-corrected chi connectivity index (χ2v) is 5.01. The van der Waals surface area contributed by atoms with Crippen molar-refractivity contribution >= 4 is 40.0 Å². The third-order valence-corrected chi connectivity index (χ3v) is 3.22. The molecule has 6 heteroatoms. The lowest BCUT2D eigenvalue weighted by atomic mass is 10.3. The van der Waals surface area contributed by atoms with E-state index in [1.807, 2.05) is 12.1 Å². The average Bonchev–Trinajstić information content (AvgIpc) is 2.81. The van der Waals surface area contributed by atoms with E-state index in [1.165, 1.54) is 0 Å². The summed E-state index contributed by atoms with van der Waals surface area (Å²) in [6.45, 7) is 0.164. The number of fused-ring (bicyclic) bond motifs is 1. The van der Waals surface area contributed by atoms with Crippen molar-refractivity contribution in [1.82, 2.24) is 4.98 Å². The zero-order valence-corrected chi connectivity index (χ0v) is 11.8. The number of hydrogen-bond donors (Lipinski definition) is 1. The van der Waals surface area contributed by atoms with Crippen LogP contribution in [0.1, 0.15) is 5.89 Å². The molecule has 0 fully saturated rings. The first-order valence-corrected chi connectivity index (χ1v) is 6.61. The number of nitrogens with two attached hydrogens (primary N) is 1. The van der Waals surface area contributed by atoms with E-state index in [0.717, 1.165) is 0 Å². The number of anilines is 1. The molecule has 4 nitrogen and oxygen atoms in total. The van der Waals surface area contributed by atoms with Gasteiger partial charge in [0.05, 0.1) is 10.7 Å². The van der Waals surface area contributed by atoms with Crippen molar-refractivity contribution in [2.24, 2.45) is 0 Å². The minimum atomic E-state index is 0.164. The quantitative estimate of drug-likeness (QED) is 0.733. The van der Waals surface area contributed by atoms with Gasteiger partial charge in [-0.2, -0.15) is 0 Å². The molecule has 102 valence electrons. The number of ether oxygens (including phenoxy) is 1. The third-order valence-electron chi connectivity index (χ3n) is 2.72. The second kappa shape index (κ2) is 5.23. The van der Waals surface area contributed by atoms with Crippen molar-refractivity contribution < 1.29 is 9.15 Å². The number of rotatable bonds is 3. The Labute approximate surface area is 125 Å². The van der Waals surface area contributed by atoms with E-state index in [1.54, 1.807) is 24.3 Å². The predicted molar refractivity (Wildman–Crippen MR) is 79.2 cm³/mol. The largest absolute Gasteiger partial charge is 0.482 e. The SMILES string of the molecule is Nc1ccccc1OCc1nc2cc(Cl)cc(Cl)c2o1. The maximum absolute atomic E-state index is 6.04. The molecule has 0 unspecified atom stereocenters. The molecule has 0 radical (unpaired) electrons. The van der Waals surface area contributed by atoms with Crippen molar-refractivity contribution in [3.63, 3.8) is 0 Å². The predicted octanol–water partition coefficient (Wildman–Crippen LogP) is 4.30. The van der Waals surface area contributed by atoms with Crippen molar-refractivity contribution in [2.75, 3.05) is 5.73 Å². The normalized spacial score (nSPS) is 10.9. The van der Waals surface area contributed by atoms with E-state index in [9.17, 15) is 0 Å². The molecule has 0 saturated heterocycles. The van der Waals surface area contributed by atoms with Gasteiger partial charge in [0, 0.05) is 5.02 Å². The highest BCUT2D eigenvalue weighted by Crippen LogP contribution is 2.29. The van der Waals surface area contributed by atoms with Crippen LogP contribution in [0.3, 0.4) is 0 Å². The van der Waals surface area contributed by atoms with Gasteiger partial charge in [0.1, 0.15) is 11.3 Å². The van der Waals surface area contributed by atoms with Crippen LogP contribution in [0.5, 0.6) is 5.75 Å². The maximum atomic E-state index is 6.04. The summed E-state index contributed by atoms with van der Waals surface area (Å²) >= 11 is 12.0. The number of para-hydroxylation sites is 2. The molecule has 3 aromatic rings. The van der Waals surface area contributed by atoms with Gasteiger partial charge in [0.25, 0.3) is 0 Å². The zero-order chi connectivity index (χ0) is 14.1. The van der Waals surface area contributed by atoms with Crippen LogP contribution in [0.15, 0.2) is 40.8 Å². The summed E-state index contributed by atoms with van der Waals surface area (Å²) in [6.07, 6.45) is 0. The van der Waals surface area contributed by atoms with Crippen LogP contribution in [0.25, 0.3) is 11.1 Å². The first-order chi connectivity index (χ1) is 9.63. The van der Waals surface area contributed by atoms with E-state index >= 15 is 0 Å². The monoisotopic (exact) mass is 308 g/mol. The van der Waals surface area contributed by atoms with Crippen molar-refractivity contribution in [1.29, 1.82) is 0 Å². The highest BCUT2D eigenvalue weighted by atomic mass is 35.5. The third kappa shape index (κ3) is 2.53. The van der Waals surface area contributed by atoms with Crippen LogP contribution < -0.4 is 10.5 Å².